The number of rotatable bonds is 8. The second kappa shape index (κ2) is 9.69. The molecular formula is C21H33NO. The summed E-state index contributed by atoms with van der Waals surface area (Å²) in [6, 6.07) is 11.3. The van der Waals surface area contributed by atoms with Gasteiger partial charge in [0.1, 0.15) is 0 Å². The van der Waals surface area contributed by atoms with Gasteiger partial charge in [0, 0.05) is 6.04 Å². The predicted molar refractivity (Wildman–Crippen MR) is 102 cm³/mol. The summed E-state index contributed by atoms with van der Waals surface area (Å²) in [5, 5.41) is 2.72. The lowest BCUT2D eigenvalue weighted by molar-refractivity contribution is 0.600. The molecule has 0 aliphatic heterocycles. The molecule has 0 aromatic heterocycles. The summed E-state index contributed by atoms with van der Waals surface area (Å²) < 4.78 is 0. The van der Waals surface area contributed by atoms with Gasteiger partial charge in [0.15, 0.2) is 0 Å². The quantitative estimate of drug-likeness (QED) is 0.723. The van der Waals surface area contributed by atoms with Crippen LogP contribution in [0.15, 0.2) is 30.3 Å². The van der Waals surface area contributed by atoms with Gasteiger partial charge in [-0.2, -0.15) is 0 Å². The largest absolute Gasteiger partial charge is 0.412 e. The van der Waals surface area contributed by atoms with Gasteiger partial charge in [0.2, 0.25) is 0 Å². The van der Waals surface area contributed by atoms with Gasteiger partial charge in [-0.25, -0.2) is 0 Å². The molecule has 0 fully saturated rings. The van der Waals surface area contributed by atoms with Crippen LogP contribution in [0.1, 0.15) is 75.6 Å². The second-order valence-corrected chi connectivity index (χ2v) is 6.40. The van der Waals surface area contributed by atoms with Crippen LogP contribution in [0.5, 0.6) is 0 Å². The molecule has 0 saturated heterocycles. The molecule has 2 aromatic rings. The van der Waals surface area contributed by atoms with Crippen molar-refractivity contribution in [3.05, 3.63) is 47.0 Å². The molecule has 0 heterocycles. The molecule has 0 saturated carbocycles. The summed E-state index contributed by atoms with van der Waals surface area (Å²) in [6.07, 6.45) is 8.19. The molecule has 1 atom stereocenters. The Bertz CT molecular complexity index is 606. The van der Waals surface area contributed by atoms with Crippen LogP contribution in [0.25, 0.3) is 10.8 Å². The Labute approximate surface area is 141 Å². The van der Waals surface area contributed by atoms with Crippen LogP contribution in [0, 0.1) is 0 Å². The summed E-state index contributed by atoms with van der Waals surface area (Å²) in [7, 11) is 0. The minimum absolute atomic E-state index is 0. The lowest BCUT2D eigenvalue weighted by atomic mass is 9.85. The summed E-state index contributed by atoms with van der Waals surface area (Å²) >= 11 is 0. The smallest absolute Gasteiger partial charge is 0.0303 e. The molecule has 2 nitrogen and oxygen atoms in total. The monoisotopic (exact) mass is 315 g/mol. The Balaban J connectivity index is 0.00000264. The fourth-order valence-electron chi connectivity index (χ4n) is 3.51. The molecule has 0 aliphatic rings. The Kier molecular flexibility index (Phi) is 8.29. The predicted octanol–water partition coefficient (Wildman–Crippen LogP) is 5.11. The summed E-state index contributed by atoms with van der Waals surface area (Å²) in [6.45, 7) is 6.78. The first kappa shape index (κ1) is 19.7. The van der Waals surface area contributed by atoms with Crippen molar-refractivity contribution >= 4 is 10.8 Å². The minimum atomic E-state index is 0. The van der Waals surface area contributed by atoms with E-state index in [1.807, 2.05) is 0 Å². The molecule has 0 aliphatic carbocycles. The van der Waals surface area contributed by atoms with Gasteiger partial charge < -0.3 is 11.2 Å². The maximum atomic E-state index is 6.64. The van der Waals surface area contributed by atoms with E-state index in [9.17, 15) is 0 Å². The number of aryl methyl sites for hydroxylation is 1. The fourth-order valence-corrected chi connectivity index (χ4v) is 3.51. The van der Waals surface area contributed by atoms with Crippen molar-refractivity contribution in [2.45, 2.75) is 71.8 Å². The number of hydrogen-bond donors (Lipinski definition) is 1. The lowest BCUT2D eigenvalue weighted by Crippen LogP contribution is -2.15. The van der Waals surface area contributed by atoms with Gasteiger partial charge in [0.25, 0.3) is 0 Å². The molecule has 2 aromatic carbocycles. The molecule has 4 N–H and O–H groups in total. The van der Waals surface area contributed by atoms with E-state index in [0.717, 1.165) is 19.3 Å². The molecule has 2 heteroatoms. The Morgan fingerprint density at radius 3 is 2.30 bits per heavy atom. The zero-order valence-electron chi connectivity index (χ0n) is 15.0. The van der Waals surface area contributed by atoms with Gasteiger partial charge in [-0.1, -0.05) is 76.8 Å². The van der Waals surface area contributed by atoms with E-state index in [1.54, 1.807) is 0 Å². The molecule has 2 rings (SSSR count). The van der Waals surface area contributed by atoms with Crippen LogP contribution in [-0.4, -0.2) is 5.48 Å². The average Bonchev–Trinajstić information content (AvgIpc) is 2.53. The first-order valence-corrected chi connectivity index (χ1v) is 9.01. The lowest BCUT2D eigenvalue weighted by Gasteiger charge is -2.22. The highest BCUT2D eigenvalue weighted by Gasteiger charge is 2.17. The van der Waals surface area contributed by atoms with Gasteiger partial charge in [-0.05, 0) is 46.7 Å². The van der Waals surface area contributed by atoms with E-state index >= 15 is 0 Å². The van der Waals surface area contributed by atoms with E-state index in [1.165, 1.54) is 53.1 Å². The topological polar surface area (TPSA) is 57.5 Å². The van der Waals surface area contributed by atoms with E-state index in [2.05, 4.69) is 51.1 Å². The third-order valence-corrected chi connectivity index (χ3v) is 4.55. The normalized spacial score (nSPS) is 12.2. The first-order valence-electron chi connectivity index (χ1n) is 9.01. The summed E-state index contributed by atoms with van der Waals surface area (Å²) in [5.41, 5.74) is 11.1. The number of unbranched alkanes of at least 4 members (excludes halogenated alkanes) is 1. The Morgan fingerprint density at radius 1 is 0.957 bits per heavy atom. The highest BCUT2D eigenvalue weighted by atomic mass is 16.0. The zero-order valence-corrected chi connectivity index (χ0v) is 15.0. The number of fused-ring (bicyclic) bond motifs is 1. The van der Waals surface area contributed by atoms with Crippen molar-refractivity contribution < 1.29 is 5.48 Å². The van der Waals surface area contributed by atoms with Crippen LogP contribution < -0.4 is 5.73 Å². The standard InChI is InChI=1S/C21H31N.H2O/c1-4-7-14-20(22)21-18(11-6-3)16(10-5-2)15-17-12-8-9-13-19(17)21;/h8-9,12-13,15,20H,4-7,10-11,14,22H2,1-3H3;1H2. The molecule has 0 spiro atoms. The fraction of sp³-hybridized carbons (Fsp3) is 0.524. The van der Waals surface area contributed by atoms with Crippen LogP contribution in [0.4, 0.5) is 0 Å². The van der Waals surface area contributed by atoms with Crippen molar-refractivity contribution in [1.29, 1.82) is 0 Å². The number of nitrogens with two attached hydrogens (primary N) is 1. The van der Waals surface area contributed by atoms with Crippen molar-refractivity contribution in [2.75, 3.05) is 0 Å². The van der Waals surface area contributed by atoms with Crippen molar-refractivity contribution in [2.24, 2.45) is 5.73 Å². The van der Waals surface area contributed by atoms with Crippen molar-refractivity contribution in [3.63, 3.8) is 0 Å². The van der Waals surface area contributed by atoms with Crippen LogP contribution >= 0.6 is 0 Å². The van der Waals surface area contributed by atoms with Crippen molar-refractivity contribution in [3.8, 4) is 0 Å². The first-order chi connectivity index (χ1) is 10.7. The molecule has 1 unspecified atom stereocenters. The Hall–Kier alpha value is -1.38. The molecule has 0 bridgehead atoms. The molecule has 0 amide bonds. The molecule has 0 radical (unpaired) electrons. The summed E-state index contributed by atoms with van der Waals surface area (Å²) in [4.78, 5) is 0. The SMILES string of the molecule is CCCCC(N)c1c(CCC)c(CCC)cc2ccccc12.O. The highest BCUT2D eigenvalue weighted by Crippen LogP contribution is 2.33. The van der Waals surface area contributed by atoms with Gasteiger partial charge in [-0.15, -0.1) is 0 Å². The van der Waals surface area contributed by atoms with E-state index in [4.69, 9.17) is 5.73 Å². The van der Waals surface area contributed by atoms with Crippen molar-refractivity contribution in [1.82, 2.24) is 0 Å². The van der Waals surface area contributed by atoms with Crippen LogP contribution in [-0.2, 0) is 12.8 Å². The number of hydrogen-bond acceptors (Lipinski definition) is 1. The molecule has 23 heavy (non-hydrogen) atoms. The summed E-state index contributed by atoms with van der Waals surface area (Å²) in [5.74, 6) is 0. The van der Waals surface area contributed by atoms with Gasteiger partial charge >= 0.3 is 0 Å². The average molecular weight is 316 g/mol. The number of benzene rings is 2. The molecular weight excluding hydrogens is 282 g/mol. The minimum Gasteiger partial charge on any atom is -0.412 e. The second-order valence-electron chi connectivity index (χ2n) is 6.40. The Morgan fingerprint density at radius 2 is 1.65 bits per heavy atom. The molecule has 128 valence electrons. The van der Waals surface area contributed by atoms with E-state index in [-0.39, 0.29) is 11.5 Å². The highest BCUT2D eigenvalue weighted by molar-refractivity contribution is 5.88. The zero-order chi connectivity index (χ0) is 15.9. The maximum absolute atomic E-state index is 6.64. The van der Waals surface area contributed by atoms with E-state index in [0.29, 0.717) is 0 Å². The van der Waals surface area contributed by atoms with Crippen LogP contribution in [0.2, 0.25) is 0 Å². The van der Waals surface area contributed by atoms with Crippen LogP contribution in [0.3, 0.4) is 0 Å². The van der Waals surface area contributed by atoms with Gasteiger partial charge in [-0.3, -0.25) is 0 Å². The third-order valence-electron chi connectivity index (χ3n) is 4.55. The van der Waals surface area contributed by atoms with E-state index < -0.39 is 0 Å². The van der Waals surface area contributed by atoms with Gasteiger partial charge in [0.05, 0.1) is 0 Å². The third kappa shape index (κ3) is 4.55. The maximum Gasteiger partial charge on any atom is 0.0303 e.